The first-order chi connectivity index (χ1) is 15.0. The van der Waals surface area contributed by atoms with E-state index in [2.05, 4.69) is 31.8 Å². The molecule has 0 aromatic heterocycles. The Kier molecular flexibility index (Phi) is 7.23. The van der Waals surface area contributed by atoms with Gasteiger partial charge in [-0.1, -0.05) is 6.07 Å². The first-order valence-electron chi connectivity index (χ1n) is 10.3. The third kappa shape index (κ3) is 4.78. The van der Waals surface area contributed by atoms with Crippen molar-refractivity contribution in [2.24, 2.45) is 0 Å². The second kappa shape index (κ2) is 9.92. The fraction of sp³-hybridized carbons (Fsp3) is 0.455. The van der Waals surface area contributed by atoms with Crippen LogP contribution in [0.2, 0.25) is 0 Å². The van der Waals surface area contributed by atoms with Crippen LogP contribution in [0.25, 0.3) is 0 Å². The van der Waals surface area contributed by atoms with Gasteiger partial charge in [-0.2, -0.15) is 0 Å². The Hall–Kier alpha value is -1.58. The van der Waals surface area contributed by atoms with Crippen molar-refractivity contribution in [1.82, 2.24) is 4.90 Å². The summed E-state index contributed by atoms with van der Waals surface area (Å²) in [7, 11) is 0. The molecule has 168 valence electrons. The van der Waals surface area contributed by atoms with Crippen molar-refractivity contribution < 1.29 is 22.6 Å². The average Bonchev–Trinajstić information content (AvgIpc) is 2.81. The molecule has 1 saturated heterocycles. The molecule has 0 unspecified atom stereocenters. The number of anilines is 1. The number of thioether (sulfide) groups is 1. The summed E-state index contributed by atoms with van der Waals surface area (Å²) in [5.41, 5.74) is 1.47. The summed E-state index contributed by atoms with van der Waals surface area (Å²) in [5, 5.41) is 0. The minimum atomic E-state index is -1.42. The minimum absolute atomic E-state index is 0.0116. The zero-order chi connectivity index (χ0) is 22.0. The summed E-state index contributed by atoms with van der Waals surface area (Å²) in [6.07, 6.45) is 0.831. The van der Waals surface area contributed by atoms with E-state index in [9.17, 15) is 13.2 Å². The zero-order valence-electron chi connectivity index (χ0n) is 17.2. The molecule has 2 heterocycles. The molecular weight excluding hydrogens is 493 g/mol. The third-order valence-electron chi connectivity index (χ3n) is 5.57. The molecule has 2 aliphatic rings. The highest BCUT2D eigenvalue weighted by Gasteiger charge is 2.24. The van der Waals surface area contributed by atoms with E-state index in [1.54, 1.807) is 6.92 Å². The van der Waals surface area contributed by atoms with Gasteiger partial charge < -0.3 is 14.4 Å². The highest BCUT2D eigenvalue weighted by molar-refractivity contribution is 9.10. The lowest BCUT2D eigenvalue weighted by Gasteiger charge is -2.37. The number of hydrogen-bond donors (Lipinski definition) is 0. The number of hydrogen-bond acceptors (Lipinski definition) is 5. The maximum absolute atomic E-state index is 14.1. The molecule has 0 N–H and O–H groups in total. The van der Waals surface area contributed by atoms with Crippen LogP contribution in [0.3, 0.4) is 0 Å². The smallest absolute Gasteiger partial charge is 0.196 e. The lowest BCUT2D eigenvalue weighted by molar-refractivity contribution is 0.171. The van der Waals surface area contributed by atoms with Gasteiger partial charge in [0.15, 0.2) is 29.0 Å². The van der Waals surface area contributed by atoms with Crippen molar-refractivity contribution >= 4 is 33.4 Å². The van der Waals surface area contributed by atoms with E-state index in [-0.39, 0.29) is 9.37 Å². The van der Waals surface area contributed by atoms with Gasteiger partial charge in [-0.05, 0) is 59.3 Å². The molecule has 0 saturated carbocycles. The number of para-hydroxylation sites is 1. The second-order valence-electron chi connectivity index (χ2n) is 7.54. The molecule has 4 nitrogen and oxygen atoms in total. The molecule has 0 amide bonds. The van der Waals surface area contributed by atoms with Gasteiger partial charge in [-0.25, -0.2) is 13.2 Å². The second-order valence-corrected chi connectivity index (χ2v) is 9.44. The molecule has 0 bridgehead atoms. The molecule has 31 heavy (non-hydrogen) atoms. The van der Waals surface area contributed by atoms with E-state index in [0.717, 1.165) is 56.3 Å². The fourth-order valence-corrected chi connectivity index (χ4v) is 5.39. The topological polar surface area (TPSA) is 24.9 Å². The van der Waals surface area contributed by atoms with Gasteiger partial charge in [0.25, 0.3) is 0 Å². The molecular formula is C22H24BrF3N2O2S. The van der Waals surface area contributed by atoms with E-state index >= 15 is 0 Å². The van der Waals surface area contributed by atoms with E-state index < -0.39 is 17.5 Å². The Bertz CT molecular complexity index is 926. The number of rotatable bonds is 6. The van der Waals surface area contributed by atoms with E-state index in [1.165, 1.54) is 11.8 Å². The van der Waals surface area contributed by atoms with Crippen LogP contribution in [0, 0.1) is 24.4 Å². The summed E-state index contributed by atoms with van der Waals surface area (Å²) in [5.74, 6) is -1.44. The van der Waals surface area contributed by atoms with Crippen molar-refractivity contribution in [3.63, 3.8) is 0 Å². The Morgan fingerprint density at radius 2 is 1.74 bits per heavy atom. The van der Waals surface area contributed by atoms with Gasteiger partial charge in [-0.15, -0.1) is 11.8 Å². The predicted molar refractivity (Wildman–Crippen MR) is 120 cm³/mol. The first kappa shape index (κ1) is 22.6. The van der Waals surface area contributed by atoms with E-state index in [0.29, 0.717) is 24.5 Å². The van der Waals surface area contributed by atoms with Gasteiger partial charge in [0, 0.05) is 26.2 Å². The van der Waals surface area contributed by atoms with Gasteiger partial charge in [-0.3, -0.25) is 4.90 Å². The summed E-state index contributed by atoms with van der Waals surface area (Å²) in [6.45, 7) is 7.21. The summed E-state index contributed by atoms with van der Waals surface area (Å²) < 4.78 is 52.9. The molecule has 0 radical (unpaired) electrons. The number of benzene rings is 2. The number of piperazine rings is 1. The van der Waals surface area contributed by atoms with Gasteiger partial charge >= 0.3 is 0 Å². The predicted octanol–water partition coefficient (Wildman–Crippen LogP) is 5.25. The molecule has 4 rings (SSSR count). The molecule has 2 aromatic carbocycles. The molecule has 2 aromatic rings. The first-order valence-corrected chi connectivity index (χ1v) is 12.1. The van der Waals surface area contributed by atoms with E-state index in [1.807, 2.05) is 12.1 Å². The summed E-state index contributed by atoms with van der Waals surface area (Å²) >= 11 is 4.24. The molecule has 0 aliphatic carbocycles. The Balaban J connectivity index is 1.27. The average molecular weight is 517 g/mol. The Morgan fingerprint density at radius 3 is 2.52 bits per heavy atom. The molecule has 0 atom stereocenters. The third-order valence-corrected chi connectivity index (χ3v) is 7.78. The molecule has 0 spiro atoms. The van der Waals surface area contributed by atoms with Crippen LogP contribution >= 0.6 is 27.7 Å². The number of ether oxygens (including phenoxy) is 2. The van der Waals surface area contributed by atoms with Crippen LogP contribution in [0.5, 0.6) is 11.5 Å². The van der Waals surface area contributed by atoms with Crippen LogP contribution in [0.1, 0.15) is 12.0 Å². The van der Waals surface area contributed by atoms with Crippen molar-refractivity contribution in [3.05, 3.63) is 45.7 Å². The van der Waals surface area contributed by atoms with Crippen LogP contribution in [0.15, 0.2) is 27.6 Å². The van der Waals surface area contributed by atoms with Crippen LogP contribution < -0.4 is 14.4 Å². The monoisotopic (exact) mass is 516 g/mol. The maximum Gasteiger partial charge on any atom is 0.196 e. The number of nitrogens with zero attached hydrogens (tertiary/aromatic N) is 2. The van der Waals surface area contributed by atoms with Gasteiger partial charge in [0.05, 0.1) is 15.1 Å². The SMILES string of the molecule is Cc1c(Br)c(F)c(F)c(F)c1SCCCN1CCN(c2cccc3c2OCCO3)CC1. The summed E-state index contributed by atoms with van der Waals surface area (Å²) in [6, 6.07) is 5.99. The number of halogens is 4. The largest absolute Gasteiger partial charge is 0.486 e. The van der Waals surface area contributed by atoms with Gasteiger partial charge in [0.1, 0.15) is 13.2 Å². The molecule has 9 heteroatoms. The van der Waals surface area contributed by atoms with E-state index in [4.69, 9.17) is 9.47 Å². The standard InChI is InChI=1S/C22H24BrF3N2O2S/c1-14-17(23)18(24)19(25)20(26)22(14)31-13-3-6-27-7-9-28(10-8-27)15-4-2-5-16-21(15)30-12-11-29-16/h2,4-5H,3,6-13H2,1H3. The lowest BCUT2D eigenvalue weighted by Crippen LogP contribution is -2.46. The van der Waals surface area contributed by atoms with Crippen molar-refractivity contribution in [1.29, 1.82) is 0 Å². The highest BCUT2D eigenvalue weighted by atomic mass is 79.9. The highest BCUT2D eigenvalue weighted by Crippen LogP contribution is 2.40. The Labute approximate surface area is 192 Å². The van der Waals surface area contributed by atoms with Crippen molar-refractivity contribution in [3.8, 4) is 11.5 Å². The van der Waals surface area contributed by atoms with Crippen LogP contribution in [-0.4, -0.2) is 56.6 Å². The number of fused-ring (bicyclic) bond motifs is 1. The quantitative estimate of drug-likeness (QED) is 0.226. The summed E-state index contributed by atoms with van der Waals surface area (Å²) in [4.78, 5) is 4.86. The molecule has 1 fully saturated rings. The maximum atomic E-state index is 14.1. The van der Waals surface area contributed by atoms with Crippen LogP contribution in [-0.2, 0) is 0 Å². The van der Waals surface area contributed by atoms with Gasteiger partial charge in [0.2, 0.25) is 0 Å². The van der Waals surface area contributed by atoms with Crippen molar-refractivity contribution in [2.45, 2.75) is 18.2 Å². The Morgan fingerprint density at radius 1 is 1.00 bits per heavy atom. The minimum Gasteiger partial charge on any atom is -0.486 e. The zero-order valence-corrected chi connectivity index (χ0v) is 19.6. The molecule has 2 aliphatic heterocycles. The van der Waals surface area contributed by atoms with Crippen LogP contribution in [0.4, 0.5) is 18.9 Å². The fourth-order valence-electron chi connectivity index (χ4n) is 3.88. The van der Waals surface area contributed by atoms with Crippen molar-refractivity contribution in [2.75, 3.05) is 56.6 Å². The lowest BCUT2D eigenvalue weighted by atomic mass is 10.2. The normalized spacial score (nSPS) is 16.6.